The minimum Gasteiger partial charge on any atom is -0.366 e. The van der Waals surface area contributed by atoms with Gasteiger partial charge in [-0.05, 0) is 17.5 Å². The van der Waals surface area contributed by atoms with Crippen LogP contribution >= 0.6 is 0 Å². The lowest BCUT2D eigenvalue weighted by molar-refractivity contribution is 0.0746. The fraction of sp³-hybridized carbons (Fsp3) is 0.250. The molecule has 22 heavy (non-hydrogen) atoms. The van der Waals surface area contributed by atoms with Gasteiger partial charge in [-0.1, -0.05) is 31.2 Å². The predicted molar refractivity (Wildman–Crippen MR) is 81.9 cm³/mol. The number of alkyl halides is 2. The quantitative estimate of drug-likeness (QED) is 0.774. The summed E-state index contributed by atoms with van der Waals surface area (Å²) in [6.07, 6.45) is 3.58. The zero-order chi connectivity index (χ0) is 15.5. The first-order chi connectivity index (χ1) is 10.7. The zero-order valence-corrected chi connectivity index (χ0v) is 12.1. The molecule has 0 aliphatic rings. The summed E-state index contributed by atoms with van der Waals surface area (Å²) in [5, 5.41) is 3.19. The summed E-state index contributed by atoms with van der Waals surface area (Å²) < 4.78 is 26.6. The topological polar surface area (TPSA) is 42.7 Å². The van der Waals surface area contributed by atoms with Crippen LogP contribution in [-0.2, 0) is 13.0 Å². The monoisotopic (exact) mass is 302 g/mol. The fourth-order valence-corrected chi connectivity index (χ4v) is 2.44. The molecule has 0 aliphatic heterocycles. The Balaban J connectivity index is 1.83. The van der Waals surface area contributed by atoms with Gasteiger partial charge in [-0.3, -0.25) is 4.57 Å². The Bertz CT molecular complexity index is 783. The molecule has 0 amide bonds. The van der Waals surface area contributed by atoms with Crippen molar-refractivity contribution >= 4 is 16.9 Å². The molecule has 0 saturated heterocycles. The van der Waals surface area contributed by atoms with Crippen LogP contribution in [0.15, 0.2) is 42.9 Å². The number of hydrogen-bond donors (Lipinski definition) is 1. The van der Waals surface area contributed by atoms with Crippen molar-refractivity contribution in [3.63, 3.8) is 0 Å². The number of aromatic nitrogens is 3. The van der Waals surface area contributed by atoms with Crippen molar-refractivity contribution < 1.29 is 8.78 Å². The molecule has 0 saturated carbocycles. The zero-order valence-electron chi connectivity index (χ0n) is 12.1. The maximum Gasteiger partial charge on any atom is 0.320 e. The van der Waals surface area contributed by atoms with Crippen molar-refractivity contribution in [3.8, 4) is 0 Å². The molecule has 0 fully saturated rings. The van der Waals surface area contributed by atoms with Crippen molar-refractivity contribution in [2.75, 3.05) is 5.32 Å². The largest absolute Gasteiger partial charge is 0.366 e. The van der Waals surface area contributed by atoms with E-state index in [2.05, 4.69) is 28.3 Å². The van der Waals surface area contributed by atoms with Crippen LogP contribution in [0.2, 0.25) is 0 Å². The Morgan fingerprint density at radius 3 is 2.68 bits per heavy atom. The van der Waals surface area contributed by atoms with E-state index in [1.807, 2.05) is 18.2 Å². The van der Waals surface area contributed by atoms with Gasteiger partial charge in [0.05, 0.1) is 11.7 Å². The third-order valence-electron chi connectivity index (χ3n) is 3.63. The van der Waals surface area contributed by atoms with Gasteiger partial charge in [0, 0.05) is 12.6 Å². The molecular weight excluding hydrogens is 286 g/mol. The number of imidazole rings is 1. The van der Waals surface area contributed by atoms with Gasteiger partial charge in [0.1, 0.15) is 17.7 Å². The van der Waals surface area contributed by atoms with Crippen LogP contribution in [0.4, 0.5) is 14.6 Å². The van der Waals surface area contributed by atoms with Crippen LogP contribution in [0.1, 0.15) is 24.6 Å². The highest BCUT2D eigenvalue weighted by Gasteiger charge is 2.11. The van der Waals surface area contributed by atoms with Crippen LogP contribution in [0.5, 0.6) is 0 Å². The van der Waals surface area contributed by atoms with E-state index in [1.165, 1.54) is 17.3 Å². The molecule has 114 valence electrons. The van der Waals surface area contributed by atoms with Crippen molar-refractivity contribution in [1.29, 1.82) is 0 Å². The molecule has 2 aromatic heterocycles. The molecule has 3 rings (SSSR count). The number of halogens is 2. The first kappa shape index (κ1) is 14.4. The standard InChI is InChI=1S/C16H16F2N4/c1-2-11-5-3-4-6-12(11)8-19-15-7-14-13(9-20-15)21-10-22(14)16(17)18/h3-7,9-10,16H,2,8H2,1H3,(H,19,20). The van der Waals surface area contributed by atoms with Crippen molar-refractivity contribution in [1.82, 2.24) is 14.5 Å². The number of fused-ring (bicyclic) bond motifs is 1. The fourth-order valence-electron chi connectivity index (χ4n) is 2.44. The van der Waals surface area contributed by atoms with Gasteiger partial charge in [-0.15, -0.1) is 0 Å². The lowest BCUT2D eigenvalue weighted by Crippen LogP contribution is -2.04. The molecule has 0 bridgehead atoms. The first-order valence-electron chi connectivity index (χ1n) is 7.10. The van der Waals surface area contributed by atoms with Crippen molar-refractivity contribution in [3.05, 3.63) is 54.0 Å². The Labute approximate surface area is 126 Å². The van der Waals surface area contributed by atoms with Gasteiger partial charge in [-0.2, -0.15) is 8.78 Å². The van der Waals surface area contributed by atoms with Gasteiger partial charge >= 0.3 is 6.55 Å². The second-order valence-electron chi connectivity index (χ2n) is 4.96. The van der Waals surface area contributed by atoms with Gasteiger partial charge in [0.25, 0.3) is 0 Å². The Kier molecular flexibility index (Phi) is 4.00. The number of benzene rings is 1. The third kappa shape index (κ3) is 2.77. The maximum absolute atomic E-state index is 12.9. The molecule has 2 heterocycles. The van der Waals surface area contributed by atoms with Crippen LogP contribution in [0.25, 0.3) is 11.0 Å². The first-order valence-corrected chi connectivity index (χ1v) is 7.10. The van der Waals surface area contributed by atoms with Gasteiger partial charge in [0.2, 0.25) is 0 Å². The SMILES string of the molecule is CCc1ccccc1CNc1cc2c(cn1)ncn2C(F)F. The molecule has 4 nitrogen and oxygen atoms in total. The molecule has 0 radical (unpaired) electrons. The molecule has 0 atom stereocenters. The van der Waals surface area contributed by atoms with Gasteiger partial charge < -0.3 is 5.32 Å². The van der Waals surface area contributed by atoms with E-state index in [-0.39, 0.29) is 0 Å². The summed E-state index contributed by atoms with van der Waals surface area (Å²) in [5.74, 6) is 0.556. The van der Waals surface area contributed by atoms with E-state index in [0.29, 0.717) is 23.4 Å². The molecule has 0 spiro atoms. The molecule has 6 heteroatoms. The summed E-state index contributed by atoms with van der Waals surface area (Å²) in [6.45, 7) is 0.0939. The van der Waals surface area contributed by atoms with Crippen LogP contribution < -0.4 is 5.32 Å². The van der Waals surface area contributed by atoms with Crippen molar-refractivity contribution in [2.45, 2.75) is 26.4 Å². The third-order valence-corrected chi connectivity index (χ3v) is 3.63. The van der Waals surface area contributed by atoms with E-state index in [4.69, 9.17) is 0 Å². The minimum atomic E-state index is -2.61. The maximum atomic E-state index is 12.9. The van der Waals surface area contributed by atoms with E-state index < -0.39 is 6.55 Å². The minimum absolute atomic E-state index is 0.372. The molecule has 3 aromatic rings. The van der Waals surface area contributed by atoms with Crippen LogP contribution in [0.3, 0.4) is 0 Å². The molecule has 1 aromatic carbocycles. The average molecular weight is 302 g/mol. The molecule has 0 unspecified atom stereocenters. The summed E-state index contributed by atoms with van der Waals surface area (Å²) in [4.78, 5) is 8.14. The van der Waals surface area contributed by atoms with E-state index in [1.54, 1.807) is 6.07 Å². The van der Waals surface area contributed by atoms with Crippen LogP contribution in [-0.4, -0.2) is 14.5 Å². The second kappa shape index (κ2) is 6.09. The lowest BCUT2D eigenvalue weighted by atomic mass is 10.1. The summed E-state index contributed by atoms with van der Waals surface area (Å²) in [7, 11) is 0. The van der Waals surface area contributed by atoms with E-state index >= 15 is 0 Å². The predicted octanol–water partition coefficient (Wildman–Crippen LogP) is 4.00. The number of pyridine rings is 1. The number of rotatable bonds is 5. The molecule has 1 N–H and O–H groups in total. The van der Waals surface area contributed by atoms with E-state index in [0.717, 1.165) is 17.3 Å². The summed E-state index contributed by atoms with van der Waals surface area (Å²) in [6, 6.07) is 9.73. The van der Waals surface area contributed by atoms with Gasteiger partial charge in [-0.25, -0.2) is 9.97 Å². The van der Waals surface area contributed by atoms with Crippen molar-refractivity contribution in [2.24, 2.45) is 0 Å². The highest BCUT2D eigenvalue weighted by atomic mass is 19.3. The van der Waals surface area contributed by atoms with E-state index in [9.17, 15) is 8.78 Å². The van der Waals surface area contributed by atoms with Crippen LogP contribution in [0, 0.1) is 0 Å². The number of hydrogen-bond acceptors (Lipinski definition) is 3. The number of aryl methyl sites for hydroxylation is 1. The average Bonchev–Trinajstić information content (AvgIpc) is 2.96. The number of nitrogens with zero attached hydrogens (tertiary/aromatic N) is 3. The normalized spacial score (nSPS) is 11.3. The summed E-state index contributed by atoms with van der Waals surface area (Å²) in [5.41, 5.74) is 3.26. The highest BCUT2D eigenvalue weighted by Crippen LogP contribution is 2.21. The Morgan fingerprint density at radius 2 is 1.95 bits per heavy atom. The molecular formula is C16H16F2N4. The van der Waals surface area contributed by atoms with Gasteiger partial charge in [0.15, 0.2) is 0 Å². The Hall–Kier alpha value is -2.50. The summed E-state index contributed by atoms with van der Waals surface area (Å²) >= 11 is 0. The lowest BCUT2D eigenvalue weighted by Gasteiger charge is -2.10. The highest BCUT2D eigenvalue weighted by molar-refractivity contribution is 5.77. The number of nitrogens with one attached hydrogen (secondary N) is 1. The smallest absolute Gasteiger partial charge is 0.320 e. The number of anilines is 1. The second-order valence-corrected chi connectivity index (χ2v) is 4.96. The molecule has 0 aliphatic carbocycles. The Morgan fingerprint density at radius 1 is 1.18 bits per heavy atom.